The fourth-order valence-corrected chi connectivity index (χ4v) is 4.28. The van der Waals surface area contributed by atoms with Crippen LogP contribution in [0.4, 0.5) is 0 Å². The van der Waals surface area contributed by atoms with Gasteiger partial charge in [0.15, 0.2) is 0 Å². The van der Waals surface area contributed by atoms with Gasteiger partial charge < -0.3 is 4.52 Å². The molecule has 20 heavy (non-hydrogen) atoms. The molecular formula is C17H19O2P. The van der Waals surface area contributed by atoms with Crippen LogP contribution in [0.5, 0.6) is 5.75 Å². The minimum atomic E-state index is -2.98. The van der Waals surface area contributed by atoms with E-state index in [2.05, 4.69) is 6.58 Å². The Balaban J connectivity index is 2.46. The number of hydrogen-bond donors (Lipinski definition) is 0. The zero-order valence-corrected chi connectivity index (χ0v) is 12.8. The van der Waals surface area contributed by atoms with Gasteiger partial charge in [-0.1, -0.05) is 42.5 Å². The molecule has 0 aromatic heterocycles. The van der Waals surface area contributed by atoms with Gasteiger partial charge >= 0.3 is 0 Å². The van der Waals surface area contributed by atoms with Crippen LogP contribution in [0.1, 0.15) is 11.1 Å². The van der Waals surface area contributed by atoms with Crippen LogP contribution in [0.25, 0.3) is 0 Å². The third-order valence-electron chi connectivity index (χ3n) is 3.19. The molecule has 0 radical (unpaired) electrons. The molecule has 104 valence electrons. The maximum atomic E-state index is 13.3. The largest absolute Gasteiger partial charge is 0.439 e. The van der Waals surface area contributed by atoms with Gasteiger partial charge in [-0.25, -0.2) is 0 Å². The van der Waals surface area contributed by atoms with E-state index in [1.54, 1.807) is 6.08 Å². The molecule has 0 saturated heterocycles. The van der Waals surface area contributed by atoms with E-state index < -0.39 is 7.37 Å². The first-order chi connectivity index (χ1) is 9.57. The highest BCUT2D eigenvalue weighted by Gasteiger charge is 2.27. The second-order valence-electron chi connectivity index (χ2n) is 4.79. The quantitative estimate of drug-likeness (QED) is 0.598. The third-order valence-corrected chi connectivity index (χ3v) is 5.66. The first-order valence-corrected chi connectivity index (χ1v) is 8.39. The molecule has 0 amide bonds. The average molecular weight is 286 g/mol. The zero-order chi connectivity index (χ0) is 14.6. The minimum Gasteiger partial charge on any atom is -0.439 e. The fourth-order valence-electron chi connectivity index (χ4n) is 2.12. The van der Waals surface area contributed by atoms with Crippen LogP contribution >= 0.6 is 7.37 Å². The van der Waals surface area contributed by atoms with Crippen LogP contribution < -0.4 is 9.83 Å². The molecule has 2 aromatic carbocycles. The molecule has 1 unspecified atom stereocenters. The molecule has 1 atom stereocenters. The van der Waals surface area contributed by atoms with Gasteiger partial charge in [0.1, 0.15) is 5.75 Å². The molecule has 2 aromatic rings. The third kappa shape index (κ3) is 3.02. The lowest BCUT2D eigenvalue weighted by molar-refractivity contribution is 0.493. The Morgan fingerprint density at radius 2 is 1.65 bits per heavy atom. The summed E-state index contributed by atoms with van der Waals surface area (Å²) in [6.07, 6.45) is 1.98. The lowest BCUT2D eigenvalue weighted by Gasteiger charge is -2.21. The van der Waals surface area contributed by atoms with Crippen molar-refractivity contribution in [1.29, 1.82) is 0 Å². The maximum absolute atomic E-state index is 13.3. The van der Waals surface area contributed by atoms with Gasteiger partial charge in [0.2, 0.25) is 0 Å². The molecule has 0 N–H and O–H groups in total. The van der Waals surface area contributed by atoms with Crippen molar-refractivity contribution in [2.24, 2.45) is 0 Å². The van der Waals surface area contributed by atoms with E-state index in [-0.39, 0.29) is 0 Å². The first-order valence-electron chi connectivity index (χ1n) is 6.58. The van der Waals surface area contributed by atoms with Gasteiger partial charge in [0.05, 0.1) is 11.5 Å². The molecule has 0 saturated carbocycles. The summed E-state index contributed by atoms with van der Waals surface area (Å²) in [4.78, 5) is 0. The van der Waals surface area contributed by atoms with Crippen molar-refractivity contribution in [3.05, 3.63) is 72.3 Å². The molecule has 0 heterocycles. The van der Waals surface area contributed by atoms with E-state index in [9.17, 15) is 4.57 Å². The highest BCUT2D eigenvalue weighted by atomic mass is 31.2. The van der Waals surface area contributed by atoms with Crippen molar-refractivity contribution in [2.75, 3.05) is 6.16 Å². The van der Waals surface area contributed by atoms with E-state index in [1.807, 2.05) is 62.4 Å². The molecule has 0 spiro atoms. The van der Waals surface area contributed by atoms with E-state index in [0.29, 0.717) is 11.9 Å². The molecule has 2 rings (SSSR count). The summed E-state index contributed by atoms with van der Waals surface area (Å²) in [5.41, 5.74) is 1.96. The molecule has 0 aliphatic rings. The lowest BCUT2D eigenvalue weighted by atomic mass is 10.2. The molecule has 0 fully saturated rings. The zero-order valence-electron chi connectivity index (χ0n) is 11.9. The summed E-state index contributed by atoms with van der Waals surface area (Å²) in [6.45, 7) is 7.61. The summed E-state index contributed by atoms with van der Waals surface area (Å²) in [7, 11) is -2.98. The van der Waals surface area contributed by atoms with Crippen LogP contribution in [0.15, 0.2) is 61.2 Å². The van der Waals surface area contributed by atoms with Crippen LogP contribution in [0.3, 0.4) is 0 Å². The van der Waals surface area contributed by atoms with Crippen molar-refractivity contribution >= 4 is 12.7 Å². The molecule has 2 nitrogen and oxygen atoms in total. The Morgan fingerprint density at radius 3 is 2.25 bits per heavy atom. The number of rotatable bonds is 5. The van der Waals surface area contributed by atoms with Gasteiger partial charge in [-0.15, -0.1) is 6.58 Å². The highest BCUT2D eigenvalue weighted by Crippen LogP contribution is 2.47. The van der Waals surface area contributed by atoms with Gasteiger partial charge in [-0.3, -0.25) is 4.57 Å². The highest BCUT2D eigenvalue weighted by molar-refractivity contribution is 7.67. The molecule has 0 aliphatic carbocycles. The number of para-hydroxylation sites is 1. The minimum absolute atomic E-state index is 0.326. The summed E-state index contributed by atoms with van der Waals surface area (Å²) >= 11 is 0. The summed E-state index contributed by atoms with van der Waals surface area (Å²) < 4.78 is 19.2. The number of allylic oxidation sites excluding steroid dienone is 1. The number of benzene rings is 2. The van der Waals surface area contributed by atoms with Gasteiger partial charge in [-0.05, 0) is 37.1 Å². The van der Waals surface area contributed by atoms with Crippen LogP contribution in [0, 0.1) is 13.8 Å². The SMILES string of the molecule is C=CCP(=O)(Oc1ccccc1C)c1ccccc1C. The van der Waals surface area contributed by atoms with Gasteiger partial charge in [0, 0.05) is 0 Å². The fraction of sp³-hybridized carbons (Fsp3) is 0.176. The Kier molecular flexibility index (Phi) is 4.46. The first kappa shape index (κ1) is 14.6. The van der Waals surface area contributed by atoms with E-state index in [4.69, 9.17) is 4.52 Å². The van der Waals surface area contributed by atoms with Crippen molar-refractivity contribution in [1.82, 2.24) is 0 Å². The lowest BCUT2D eigenvalue weighted by Crippen LogP contribution is -2.15. The van der Waals surface area contributed by atoms with E-state index in [0.717, 1.165) is 16.4 Å². The topological polar surface area (TPSA) is 26.3 Å². The Hall–Kier alpha value is -1.79. The van der Waals surface area contributed by atoms with Gasteiger partial charge in [-0.2, -0.15) is 0 Å². The summed E-state index contributed by atoms with van der Waals surface area (Å²) in [5.74, 6) is 0.668. The monoisotopic (exact) mass is 286 g/mol. The van der Waals surface area contributed by atoms with E-state index >= 15 is 0 Å². The van der Waals surface area contributed by atoms with Crippen LogP contribution in [-0.4, -0.2) is 6.16 Å². The van der Waals surface area contributed by atoms with E-state index in [1.165, 1.54) is 0 Å². The predicted molar refractivity (Wildman–Crippen MR) is 85.3 cm³/mol. The molecule has 0 aliphatic heterocycles. The second kappa shape index (κ2) is 6.11. The second-order valence-corrected chi connectivity index (χ2v) is 7.16. The number of aryl methyl sites for hydroxylation is 2. The van der Waals surface area contributed by atoms with Crippen molar-refractivity contribution in [3.63, 3.8) is 0 Å². The Labute approximate surface area is 120 Å². The average Bonchev–Trinajstić information content (AvgIpc) is 2.42. The van der Waals surface area contributed by atoms with Crippen molar-refractivity contribution in [3.8, 4) is 5.75 Å². The maximum Gasteiger partial charge on any atom is 0.281 e. The number of hydrogen-bond acceptors (Lipinski definition) is 2. The molecular weight excluding hydrogens is 267 g/mol. The molecule has 3 heteroatoms. The summed E-state index contributed by atoms with van der Waals surface area (Å²) in [5, 5.41) is 0.767. The van der Waals surface area contributed by atoms with Crippen molar-refractivity contribution in [2.45, 2.75) is 13.8 Å². The summed E-state index contributed by atoms with van der Waals surface area (Å²) in [6, 6.07) is 15.3. The Morgan fingerprint density at radius 1 is 1.05 bits per heavy atom. The predicted octanol–water partition coefficient (Wildman–Crippen LogP) is 4.47. The van der Waals surface area contributed by atoms with Gasteiger partial charge in [0.25, 0.3) is 7.37 Å². The normalized spacial score (nSPS) is 13.5. The smallest absolute Gasteiger partial charge is 0.281 e. The van der Waals surface area contributed by atoms with Crippen LogP contribution in [-0.2, 0) is 4.57 Å². The van der Waals surface area contributed by atoms with Crippen molar-refractivity contribution < 1.29 is 9.09 Å². The van der Waals surface area contributed by atoms with Crippen LogP contribution in [0.2, 0.25) is 0 Å². The molecule has 0 bridgehead atoms. The standard InChI is InChI=1S/C17H19O2P/c1-4-13-20(18,17-12-8-6-10-15(17)3)19-16-11-7-5-9-14(16)2/h4-12H,1,13H2,2-3H3. The Bertz CT molecular complexity index is 662.